The predicted molar refractivity (Wildman–Crippen MR) is 16.5 cm³/mol. The van der Waals surface area contributed by atoms with Gasteiger partial charge in [-0.05, 0) is 0 Å². The van der Waals surface area contributed by atoms with Gasteiger partial charge in [-0.3, -0.25) is 0 Å². The maximum absolute atomic E-state index is 8.93. The topological polar surface area (TPSA) is 46.1 Å². The first-order valence-corrected chi connectivity index (χ1v) is 1.40. The summed E-state index contributed by atoms with van der Waals surface area (Å²) in [5.74, 6) is 0. The van der Waals surface area contributed by atoms with Gasteiger partial charge in [-0.2, -0.15) is 7.11 Å². The fraction of sp³-hybridized carbons (Fsp3) is 1.00. The maximum atomic E-state index is 8.93. The van der Waals surface area contributed by atoms with E-state index in [9.17, 15) is 0 Å². The quantitative estimate of drug-likeness (QED) is 0.288. The summed E-state index contributed by atoms with van der Waals surface area (Å²) in [5.41, 5.74) is 0. The molecule has 2 nitrogen and oxygen atoms in total. The van der Waals surface area contributed by atoms with Gasteiger partial charge in [0.15, 0.2) is 0 Å². The van der Waals surface area contributed by atoms with Crippen molar-refractivity contribution >= 4 is 0 Å². The first kappa shape index (κ1) is 23.6. The van der Waals surface area contributed by atoms with Crippen LogP contribution in [-0.2, 0) is 0 Å². The van der Waals surface area contributed by atoms with Crippen molar-refractivity contribution in [2.45, 2.75) is 6.92 Å². The maximum Gasteiger partial charge on any atom is 1.00 e. The molecule has 0 saturated carbocycles. The van der Waals surface area contributed by atoms with Crippen molar-refractivity contribution in [1.82, 2.24) is 0 Å². The Morgan fingerprint density at radius 1 is 1.29 bits per heavy atom. The van der Waals surface area contributed by atoms with Crippen molar-refractivity contribution < 1.29 is 58.6 Å². The van der Waals surface area contributed by atoms with Crippen molar-refractivity contribution in [3.05, 3.63) is 0 Å². The Labute approximate surface area is 78.8 Å². The van der Waals surface area contributed by atoms with E-state index in [-0.39, 0.29) is 55.0 Å². The van der Waals surface area contributed by atoms with Gasteiger partial charge in [-0.1, -0.05) is 6.92 Å². The van der Waals surface area contributed by atoms with Crippen LogP contribution in [0.5, 0.6) is 0 Å². The molecule has 4 heteroatoms. The van der Waals surface area contributed by atoms with Gasteiger partial charge < -0.3 is 10.2 Å². The predicted octanol–water partition coefficient (Wildman–Crippen LogP) is -7.65. The summed E-state index contributed by atoms with van der Waals surface area (Å²) in [6, 6.07) is 0. The largest absolute Gasteiger partial charge is 1.00 e. The molecule has 34 valence electrons. The second-order valence-corrected chi connectivity index (χ2v) is 0.289. The van der Waals surface area contributed by atoms with Crippen LogP contribution in [-0.4, -0.2) is 13.7 Å². The third-order valence-corrected chi connectivity index (χ3v) is 0. The monoisotopic (exact) mass is 106 g/mol. The molecule has 0 saturated heterocycles. The SMILES string of the molecule is CC[O-].C[O-].[Li+].[Na+]. The Kier molecular flexibility index (Phi) is 170. The second-order valence-electron chi connectivity index (χ2n) is 0.289. The molecule has 0 rings (SSSR count). The zero-order valence-corrected chi connectivity index (χ0v) is 7.52. The fourth-order valence-corrected chi connectivity index (χ4v) is 0. The van der Waals surface area contributed by atoms with Crippen LogP contribution in [0.15, 0.2) is 0 Å². The molecule has 0 atom stereocenters. The number of hydrogen-bond donors (Lipinski definition) is 0. The minimum Gasteiger partial charge on any atom is -0.857 e. The van der Waals surface area contributed by atoms with Crippen LogP contribution in [0.1, 0.15) is 6.92 Å². The van der Waals surface area contributed by atoms with E-state index in [1.165, 1.54) is 0 Å². The molecule has 0 fully saturated rings. The molecule has 0 aliphatic heterocycles. The van der Waals surface area contributed by atoms with E-state index in [0.717, 1.165) is 7.11 Å². The van der Waals surface area contributed by atoms with E-state index < -0.39 is 0 Å². The van der Waals surface area contributed by atoms with E-state index in [1.807, 2.05) is 0 Å². The van der Waals surface area contributed by atoms with Crippen molar-refractivity contribution in [1.29, 1.82) is 0 Å². The average molecular weight is 106 g/mol. The summed E-state index contributed by atoms with van der Waals surface area (Å²) in [4.78, 5) is 0. The van der Waals surface area contributed by atoms with Crippen LogP contribution in [0.3, 0.4) is 0 Å². The summed E-state index contributed by atoms with van der Waals surface area (Å²) in [6.07, 6.45) is 0. The first-order valence-electron chi connectivity index (χ1n) is 1.40. The first-order chi connectivity index (χ1) is 2.41. The van der Waals surface area contributed by atoms with Crippen LogP contribution >= 0.6 is 0 Å². The molecule has 0 aromatic heterocycles. The molecule has 0 heterocycles. The van der Waals surface area contributed by atoms with E-state index in [4.69, 9.17) is 10.2 Å². The summed E-state index contributed by atoms with van der Waals surface area (Å²) < 4.78 is 0. The molecule has 0 aromatic carbocycles. The Hall–Kier alpha value is 1.52. The minimum absolute atomic E-state index is 0. The standard InChI is InChI=1S/C2H5O.CH3O.Li.Na/c1-2-3;1-2;;/h2H2,1H3;1H3;;/q2*-1;2*+1. The molecule has 0 aliphatic rings. The van der Waals surface area contributed by atoms with Gasteiger partial charge in [0.25, 0.3) is 0 Å². The van der Waals surface area contributed by atoms with Crippen molar-refractivity contribution in [3.63, 3.8) is 0 Å². The molecule has 0 bridgehead atoms. The van der Waals surface area contributed by atoms with Gasteiger partial charge in [0, 0.05) is 0 Å². The fourth-order valence-electron chi connectivity index (χ4n) is 0. The van der Waals surface area contributed by atoms with E-state index in [2.05, 4.69) is 0 Å². The molecule has 0 amide bonds. The number of rotatable bonds is 0. The van der Waals surface area contributed by atoms with E-state index in [1.54, 1.807) is 6.92 Å². The Bertz CT molecular complexity index is 12.9. The molecule has 0 spiro atoms. The van der Waals surface area contributed by atoms with Crippen molar-refractivity contribution in [3.8, 4) is 0 Å². The summed E-state index contributed by atoms with van der Waals surface area (Å²) >= 11 is 0. The molecular formula is C3H8LiNaO2. The smallest absolute Gasteiger partial charge is 0.857 e. The zero-order valence-electron chi connectivity index (χ0n) is 5.52. The van der Waals surface area contributed by atoms with Gasteiger partial charge in [0.05, 0.1) is 0 Å². The van der Waals surface area contributed by atoms with E-state index >= 15 is 0 Å². The molecular weight excluding hydrogens is 98.0 g/mol. The molecule has 7 heavy (non-hydrogen) atoms. The van der Waals surface area contributed by atoms with Gasteiger partial charge in [-0.15, -0.1) is 6.61 Å². The Morgan fingerprint density at radius 2 is 1.29 bits per heavy atom. The van der Waals surface area contributed by atoms with Crippen LogP contribution in [0.4, 0.5) is 0 Å². The third-order valence-electron chi connectivity index (χ3n) is 0. The summed E-state index contributed by atoms with van der Waals surface area (Å²) in [7, 11) is 0.750. The van der Waals surface area contributed by atoms with Gasteiger partial charge >= 0.3 is 48.4 Å². The molecule has 0 radical (unpaired) electrons. The molecule has 0 aromatic rings. The zero-order chi connectivity index (χ0) is 4.71. The molecule has 0 unspecified atom stereocenters. The van der Waals surface area contributed by atoms with E-state index in [0.29, 0.717) is 0 Å². The van der Waals surface area contributed by atoms with Gasteiger partial charge in [0.2, 0.25) is 0 Å². The molecule has 0 aliphatic carbocycles. The van der Waals surface area contributed by atoms with Gasteiger partial charge in [0.1, 0.15) is 0 Å². The van der Waals surface area contributed by atoms with Crippen LogP contribution in [0.25, 0.3) is 0 Å². The summed E-state index contributed by atoms with van der Waals surface area (Å²) in [6.45, 7) is 1.57. The van der Waals surface area contributed by atoms with Crippen LogP contribution in [0, 0.1) is 0 Å². The van der Waals surface area contributed by atoms with Crippen LogP contribution in [0.2, 0.25) is 0 Å². The van der Waals surface area contributed by atoms with Crippen molar-refractivity contribution in [2.24, 2.45) is 0 Å². The second kappa shape index (κ2) is 50.4. The Morgan fingerprint density at radius 3 is 1.29 bits per heavy atom. The number of hydrogen-bond acceptors (Lipinski definition) is 2. The normalized spacial score (nSPS) is 3.43. The Balaban J connectivity index is -0.0000000105. The van der Waals surface area contributed by atoms with Crippen molar-refractivity contribution in [2.75, 3.05) is 13.7 Å². The summed E-state index contributed by atoms with van der Waals surface area (Å²) in [5, 5.41) is 17.2. The van der Waals surface area contributed by atoms with Gasteiger partial charge in [-0.25, -0.2) is 0 Å². The van der Waals surface area contributed by atoms with Crippen LogP contribution < -0.4 is 58.6 Å². The molecule has 0 N–H and O–H groups in total. The average Bonchev–Trinajstić information content (AvgIpc) is 1.46. The minimum atomic E-state index is 0. The third kappa shape index (κ3) is 99.4.